The summed E-state index contributed by atoms with van der Waals surface area (Å²) in [6.07, 6.45) is 8.54. The predicted octanol–water partition coefficient (Wildman–Crippen LogP) is 1.21. The Kier molecular flexibility index (Phi) is 3.35. The van der Waals surface area contributed by atoms with Crippen molar-refractivity contribution in [2.75, 3.05) is 13.1 Å². The molecule has 1 saturated heterocycles. The van der Waals surface area contributed by atoms with Crippen molar-refractivity contribution >= 4 is 0 Å². The molecule has 0 spiro atoms. The van der Waals surface area contributed by atoms with Crippen molar-refractivity contribution in [3.05, 3.63) is 0 Å². The number of nitrogens with two attached hydrogens (primary N) is 1. The smallest absolute Gasteiger partial charge is 0.0331 e. The lowest BCUT2D eigenvalue weighted by Crippen LogP contribution is -2.54. The summed E-state index contributed by atoms with van der Waals surface area (Å²) in [7, 11) is 0. The Morgan fingerprint density at radius 1 is 1.46 bits per heavy atom. The fourth-order valence-corrected chi connectivity index (χ4v) is 1.90. The van der Waals surface area contributed by atoms with E-state index in [0.29, 0.717) is 6.42 Å². The first kappa shape index (κ1) is 10.6. The van der Waals surface area contributed by atoms with Gasteiger partial charge in [0.15, 0.2) is 0 Å². The van der Waals surface area contributed by atoms with Crippen molar-refractivity contribution in [2.24, 2.45) is 5.73 Å². The SMILES string of the molecule is C#CCC(N)C(C)(C)N1CCCC1. The van der Waals surface area contributed by atoms with Crippen LogP contribution in [0.1, 0.15) is 33.1 Å². The van der Waals surface area contributed by atoms with Crippen LogP contribution >= 0.6 is 0 Å². The highest BCUT2D eigenvalue weighted by atomic mass is 15.2. The van der Waals surface area contributed by atoms with Gasteiger partial charge in [-0.2, -0.15) is 0 Å². The summed E-state index contributed by atoms with van der Waals surface area (Å²) in [6.45, 7) is 6.73. The molecule has 13 heavy (non-hydrogen) atoms. The molecule has 74 valence electrons. The van der Waals surface area contributed by atoms with Gasteiger partial charge in [0.2, 0.25) is 0 Å². The molecular formula is C11H20N2. The van der Waals surface area contributed by atoms with Crippen LogP contribution in [0.25, 0.3) is 0 Å². The number of hydrogen-bond acceptors (Lipinski definition) is 2. The highest BCUT2D eigenvalue weighted by Crippen LogP contribution is 2.24. The van der Waals surface area contributed by atoms with Crippen LogP contribution in [0.4, 0.5) is 0 Å². The van der Waals surface area contributed by atoms with Gasteiger partial charge in [-0.1, -0.05) is 0 Å². The van der Waals surface area contributed by atoms with E-state index in [4.69, 9.17) is 12.2 Å². The number of rotatable bonds is 3. The van der Waals surface area contributed by atoms with E-state index in [1.54, 1.807) is 0 Å². The molecule has 1 rings (SSSR count). The van der Waals surface area contributed by atoms with Gasteiger partial charge in [0, 0.05) is 18.0 Å². The summed E-state index contributed by atoms with van der Waals surface area (Å²) in [6, 6.07) is 0.0931. The molecule has 2 nitrogen and oxygen atoms in total. The zero-order chi connectivity index (χ0) is 9.90. The van der Waals surface area contributed by atoms with Gasteiger partial charge in [-0.15, -0.1) is 12.3 Å². The van der Waals surface area contributed by atoms with Gasteiger partial charge in [0.05, 0.1) is 0 Å². The van der Waals surface area contributed by atoms with Crippen molar-refractivity contribution in [1.82, 2.24) is 4.90 Å². The van der Waals surface area contributed by atoms with Crippen molar-refractivity contribution in [3.8, 4) is 12.3 Å². The average molecular weight is 180 g/mol. The highest BCUT2D eigenvalue weighted by Gasteiger charge is 2.33. The summed E-state index contributed by atoms with van der Waals surface area (Å²) in [5.74, 6) is 2.65. The third-order valence-electron chi connectivity index (χ3n) is 3.17. The summed E-state index contributed by atoms with van der Waals surface area (Å²) in [5.41, 5.74) is 6.12. The molecule has 0 bridgehead atoms. The highest BCUT2D eigenvalue weighted by molar-refractivity contribution is 5.00. The van der Waals surface area contributed by atoms with Gasteiger partial charge < -0.3 is 5.73 Å². The number of hydrogen-bond donors (Lipinski definition) is 1. The van der Waals surface area contributed by atoms with Crippen molar-refractivity contribution in [2.45, 2.75) is 44.7 Å². The molecule has 0 amide bonds. The Bertz CT molecular complexity index is 197. The molecule has 0 radical (unpaired) electrons. The van der Waals surface area contributed by atoms with Crippen LogP contribution in [0.15, 0.2) is 0 Å². The van der Waals surface area contributed by atoms with E-state index in [1.807, 2.05) is 0 Å². The zero-order valence-electron chi connectivity index (χ0n) is 8.71. The predicted molar refractivity (Wildman–Crippen MR) is 56.3 cm³/mol. The maximum absolute atomic E-state index is 6.06. The minimum absolute atomic E-state index is 0.0584. The molecule has 1 aliphatic rings. The molecule has 0 aromatic rings. The Hall–Kier alpha value is -0.520. The average Bonchev–Trinajstić information content (AvgIpc) is 2.56. The van der Waals surface area contributed by atoms with Crippen molar-refractivity contribution in [1.29, 1.82) is 0 Å². The lowest BCUT2D eigenvalue weighted by atomic mass is 9.91. The van der Waals surface area contributed by atoms with E-state index in [0.717, 1.165) is 0 Å². The maximum Gasteiger partial charge on any atom is 0.0331 e. The van der Waals surface area contributed by atoms with E-state index in [-0.39, 0.29) is 11.6 Å². The second-order valence-corrected chi connectivity index (χ2v) is 4.36. The van der Waals surface area contributed by atoms with Crippen LogP contribution in [-0.2, 0) is 0 Å². The second kappa shape index (κ2) is 4.13. The van der Waals surface area contributed by atoms with E-state index in [9.17, 15) is 0 Å². The van der Waals surface area contributed by atoms with Crippen LogP contribution in [0.5, 0.6) is 0 Å². The molecule has 0 aromatic carbocycles. The van der Waals surface area contributed by atoms with Gasteiger partial charge >= 0.3 is 0 Å². The van der Waals surface area contributed by atoms with Gasteiger partial charge in [0.25, 0.3) is 0 Å². The fraction of sp³-hybridized carbons (Fsp3) is 0.818. The molecule has 1 atom stereocenters. The molecule has 0 aromatic heterocycles. The summed E-state index contributed by atoms with van der Waals surface area (Å²) in [4.78, 5) is 2.45. The molecule has 0 aliphatic carbocycles. The fourth-order valence-electron chi connectivity index (χ4n) is 1.90. The van der Waals surface area contributed by atoms with Crippen LogP contribution in [0.2, 0.25) is 0 Å². The molecule has 2 N–H and O–H groups in total. The zero-order valence-corrected chi connectivity index (χ0v) is 8.71. The number of nitrogens with zero attached hydrogens (tertiary/aromatic N) is 1. The monoisotopic (exact) mass is 180 g/mol. The standard InChI is InChI=1S/C11H20N2/c1-4-7-10(12)11(2,3)13-8-5-6-9-13/h1,10H,5-9,12H2,2-3H3. The van der Waals surface area contributed by atoms with E-state index in [1.165, 1.54) is 25.9 Å². The Balaban J connectivity index is 2.57. The number of likely N-dealkylation sites (tertiary alicyclic amines) is 1. The molecule has 1 aliphatic heterocycles. The van der Waals surface area contributed by atoms with Crippen LogP contribution in [0.3, 0.4) is 0 Å². The molecule has 1 heterocycles. The Morgan fingerprint density at radius 3 is 2.46 bits per heavy atom. The summed E-state index contributed by atoms with van der Waals surface area (Å²) >= 11 is 0. The summed E-state index contributed by atoms with van der Waals surface area (Å²) < 4.78 is 0. The maximum atomic E-state index is 6.06. The molecule has 2 heteroatoms. The molecule has 0 saturated carbocycles. The van der Waals surface area contributed by atoms with Gasteiger partial charge in [-0.3, -0.25) is 4.90 Å². The quantitative estimate of drug-likeness (QED) is 0.662. The number of terminal acetylenes is 1. The molecule has 1 unspecified atom stereocenters. The van der Waals surface area contributed by atoms with Crippen LogP contribution in [-0.4, -0.2) is 29.6 Å². The van der Waals surface area contributed by atoms with Gasteiger partial charge in [-0.25, -0.2) is 0 Å². The minimum atomic E-state index is 0.0584. The first-order chi connectivity index (χ1) is 6.09. The van der Waals surface area contributed by atoms with E-state index < -0.39 is 0 Å². The van der Waals surface area contributed by atoms with Crippen molar-refractivity contribution < 1.29 is 0 Å². The molecular weight excluding hydrogens is 160 g/mol. The largest absolute Gasteiger partial charge is 0.325 e. The first-order valence-electron chi connectivity index (χ1n) is 5.03. The third-order valence-corrected chi connectivity index (χ3v) is 3.17. The van der Waals surface area contributed by atoms with Crippen molar-refractivity contribution in [3.63, 3.8) is 0 Å². The normalized spacial score (nSPS) is 21.4. The molecule has 1 fully saturated rings. The Morgan fingerprint density at radius 2 is 2.00 bits per heavy atom. The van der Waals surface area contributed by atoms with Gasteiger partial charge in [0.1, 0.15) is 0 Å². The van der Waals surface area contributed by atoms with E-state index in [2.05, 4.69) is 24.7 Å². The second-order valence-electron chi connectivity index (χ2n) is 4.36. The lowest BCUT2D eigenvalue weighted by molar-refractivity contribution is 0.125. The summed E-state index contributed by atoms with van der Waals surface area (Å²) in [5, 5.41) is 0. The van der Waals surface area contributed by atoms with Crippen LogP contribution in [0, 0.1) is 12.3 Å². The lowest BCUT2D eigenvalue weighted by Gasteiger charge is -2.39. The topological polar surface area (TPSA) is 29.3 Å². The first-order valence-corrected chi connectivity index (χ1v) is 5.03. The Labute approximate surface area is 81.5 Å². The van der Waals surface area contributed by atoms with Crippen LogP contribution < -0.4 is 5.73 Å². The van der Waals surface area contributed by atoms with Gasteiger partial charge in [-0.05, 0) is 39.8 Å². The van der Waals surface area contributed by atoms with E-state index >= 15 is 0 Å². The third kappa shape index (κ3) is 2.24. The minimum Gasteiger partial charge on any atom is -0.325 e.